The van der Waals surface area contributed by atoms with Gasteiger partial charge in [-0.3, -0.25) is 0 Å². The predicted octanol–water partition coefficient (Wildman–Crippen LogP) is 2.90. The van der Waals surface area contributed by atoms with E-state index in [1.54, 1.807) is 0 Å². The Morgan fingerprint density at radius 2 is 1.94 bits per heavy atom. The molecule has 1 aliphatic heterocycles. The van der Waals surface area contributed by atoms with E-state index in [0.29, 0.717) is 5.75 Å². The van der Waals surface area contributed by atoms with E-state index in [-0.39, 0.29) is 11.3 Å². The van der Waals surface area contributed by atoms with Gasteiger partial charge in [-0.05, 0) is 25.8 Å². The Kier molecular flexibility index (Phi) is 7.23. The average Bonchev–Trinajstić information content (AvgIpc) is 2.33. The van der Waals surface area contributed by atoms with E-state index in [4.69, 9.17) is 0 Å². The number of nitrogens with one attached hydrogen (secondary N) is 1. The van der Waals surface area contributed by atoms with Crippen LogP contribution in [0, 0.1) is 0 Å². The summed E-state index contributed by atoms with van der Waals surface area (Å²) in [5, 5.41) is 3.27. The monoisotopic (exact) mass is 275 g/mol. The summed E-state index contributed by atoms with van der Waals surface area (Å²) in [7, 11) is -2.85. The highest BCUT2D eigenvalue weighted by molar-refractivity contribution is 7.92. The van der Waals surface area contributed by atoms with Crippen LogP contribution in [-0.2, 0) is 9.84 Å². The van der Waals surface area contributed by atoms with E-state index in [1.807, 2.05) is 0 Å². The fourth-order valence-corrected chi connectivity index (χ4v) is 5.07. The first-order valence-electron chi connectivity index (χ1n) is 7.56. The molecule has 0 amide bonds. The quantitative estimate of drug-likeness (QED) is 0.693. The SMILES string of the molecule is CCCCCCC(NCC)C1CCCCS1(=O)=O. The van der Waals surface area contributed by atoms with Crippen molar-refractivity contribution in [3.05, 3.63) is 0 Å². The van der Waals surface area contributed by atoms with Crippen molar-refractivity contribution in [1.29, 1.82) is 0 Å². The van der Waals surface area contributed by atoms with E-state index in [1.165, 1.54) is 19.3 Å². The minimum Gasteiger partial charge on any atom is -0.313 e. The number of hydrogen-bond acceptors (Lipinski definition) is 3. The summed E-state index contributed by atoms with van der Waals surface area (Å²) in [5.41, 5.74) is 0. The second kappa shape index (κ2) is 8.16. The summed E-state index contributed by atoms with van der Waals surface area (Å²) in [6.07, 6.45) is 8.66. The molecule has 0 bridgehead atoms. The Bertz CT molecular complexity index is 314. The van der Waals surface area contributed by atoms with Crippen molar-refractivity contribution in [2.75, 3.05) is 12.3 Å². The Hall–Kier alpha value is -0.0900. The molecular weight excluding hydrogens is 246 g/mol. The maximum Gasteiger partial charge on any atom is 0.154 e. The molecule has 1 fully saturated rings. The third-order valence-electron chi connectivity index (χ3n) is 3.91. The van der Waals surface area contributed by atoms with Gasteiger partial charge in [0.2, 0.25) is 0 Å². The van der Waals surface area contributed by atoms with Crippen LogP contribution in [0.25, 0.3) is 0 Å². The third kappa shape index (κ3) is 4.88. The molecule has 0 saturated carbocycles. The molecule has 0 aromatic heterocycles. The smallest absolute Gasteiger partial charge is 0.154 e. The molecule has 0 spiro atoms. The zero-order chi connectivity index (χ0) is 13.4. The number of unbranched alkanes of at least 4 members (excludes halogenated alkanes) is 3. The van der Waals surface area contributed by atoms with Crippen molar-refractivity contribution in [2.24, 2.45) is 0 Å². The largest absolute Gasteiger partial charge is 0.313 e. The van der Waals surface area contributed by atoms with Crippen LogP contribution in [0.15, 0.2) is 0 Å². The summed E-state index contributed by atoms with van der Waals surface area (Å²) in [6, 6.07) is 0.178. The summed E-state index contributed by atoms with van der Waals surface area (Å²) in [6.45, 7) is 5.13. The summed E-state index contributed by atoms with van der Waals surface area (Å²) < 4.78 is 24.3. The van der Waals surface area contributed by atoms with Gasteiger partial charge in [-0.15, -0.1) is 0 Å². The van der Waals surface area contributed by atoms with E-state index in [9.17, 15) is 8.42 Å². The van der Waals surface area contributed by atoms with Gasteiger partial charge in [0, 0.05) is 6.04 Å². The number of rotatable bonds is 8. The van der Waals surface area contributed by atoms with Crippen LogP contribution in [0.5, 0.6) is 0 Å². The van der Waals surface area contributed by atoms with Crippen molar-refractivity contribution >= 4 is 9.84 Å². The summed E-state index contributed by atoms with van der Waals surface area (Å²) >= 11 is 0. The second-order valence-electron chi connectivity index (χ2n) is 5.41. The molecule has 108 valence electrons. The Morgan fingerprint density at radius 1 is 1.17 bits per heavy atom. The summed E-state index contributed by atoms with van der Waals surface area (Å²) in [5.74, 6) is 0.397. The molecule has 2 atom stereocenters. The van der Waals surface area contributed by atoms with Crippen molar-refractivity contribution < 1.29 is 8.42 Å². The molecule has 0 radical (unpaired) electrons. The number of hydrogen-bond donors (Lipinski definition) is 1. The lowest BCUT2D eigenvalue weighted by molar-refractivity contribution is 0.409. The maximum atomic E-state index is 12.1. The molecule has 3 nitrogen and oxygen atoms in total. The van der Waals surface area contributed by atoms with Gasteiger partial charge in [0.25, 0.3) is 0 Å². The Labute approximate surface area is 113 Å². The topological polar surface area (TPSA) is 46.2 Å². The average molecular weight is 275 g/mol. The zero-order valence-electron chi connectivity index (χ0n) is 12.0. The van der Waals surface area contributed by atoms with Gasteiger partial charge in [0.1, 0.15) is 0 Å². The minimum atomic E-state index is -2.85. The molecule has 0 aliphatic carbocycles. The molecule has 2 unspecified atom stereocenters. The highest BCUT2D eigenvalue weighted by Crippen LogP contribution is 2.25. The number of sulfone groups is 1. The van der Waals surface area contributed by atoms with Crippen molar-refractivity contribution in [1.82, 2.24) is 5.32 Å². The molecular formula is C14H29NO2S. The highest BCUT2D eigenvalue weighted by Gasteiger charge is 2.34. The fourth-order valence-electron chi connectivity index (χ4n) is 2.90. The molecule has 18 heavy (non-hydrogen) atoms. The van der Waals surface area contributed by atoms with Crippen LogP contribution in [0.3, 0.4) is 0 Å². The van der Waals surface area contributed by atoms with E-state index >= 15 is 0 Å². The van der Waals surface area contributed by atoms with Gasteiger partial charge in [0.15, 0.2) is 9.84 Å². The molecule has 1 aliphatic rings. The lowest BCUT2D eigenvalue weighted by Gasteiger charge is -2.30. The highest BCUT2D eigenvalue weighted by atomic mass is 32.2. The van der Waals surface area contributed by atoms with Gasteiger partial charge in [-0.2, -0.15) is 0 Å². The van der Waals surface area contributed by atoms with Gasteiger partial charge >= 0.3 is 0 Å². The van der Waals surface area contributed by atoms with Crippen LogP contribution in [0.2, 0.25) is 0 Å². The molecule has 1 N–H and O–H groups in total. The van der Waals surface area contributed by atoms with E-state index in [2.05, 4.69) is 19.2 Å². The first-order chi connectivity index (χ1) is 8.61. The summed E-state index contributed by atoms with van der Waals surface area (Å²) in [4.78, 5) is 0. The van der Waals surface area contributed by atoms with Crippen molar-refractivity contribution in [2.45, 2.75) is 76.5 Å². The third-order valence-corrected chi connectivity index (χ3v) is 6.26. The lowest BCUT2D eigenvalue weighted by atomic mass is 10.0. The fraction of sp³-hybridized carbons (Fsp3) is 1.00. The van der Waals surface area contributed by atoms with E-state index in [0.717, 1.165) is 38.6 Å². The molecule has 0 aromatic carbocycles. The first-order valence-corrected chi connectivity index (χ1v) is 9.28. The first kappa shape index (κ1) is 16.0. The predicted molar refractivity (Wildman–Crippen MR) is 77.6 cm³/mol. The van der Waals surface area contributed by atoms with Crippen LogP contribution in [-0.4, -0.2) is 32.0 Å². The van der Waals surface area contributed by atoms with Gasteiger partial charge in [-0.1, -0.05) is 46.0 Å². The van der Waals surface area contributed by atoms with Crippen LogP contribution >= 0.6 is 0 Å². The maximum absolute atomic E-state index is 12.1. The molecule has 4 heteroatoms. The standard InChI is InChI=1S/C14H29NO2S/c1-3-5-6-7-10-13(15-4-2)14-11-8-9-12-18(14,16)17/h13-15H,3-12H2,1-2H3. The van der Waals surface area contributed by atoms with Crippen LogP contribution in [0.4, 0.5) is 0 Å². The van der Waals surface area contributed by atoms with Crippen LogP contribution < -0.4 is 5.32 Å². The molecule has 1 saturated heterocycles. The Balaban J connectivity index is 2.53. The minimum absolute atomic E-state index is 0.132. The molecule has 0 aromatic rings. The zero-order valence-corrected chi connectivity index (χ0v) is 12.8. The van der Waals surface area contributed by atoms with Crippen molar-refractivity contribution in [3.63, 3.8) is 0 Å². The second-order valence-corrected chi connectivity index (χ2v) is 7.75. The normalized spacial score (nSPS) is 24.9. The van der Waals surface area contributed by atoms with E-state index < -0.39 is 9.84 Å². The lowest BCUT2D eigenvalue weighted by Crippen LogP contribution is -2.46. The van der Waals surface area contributed by atoms with Gasteiger partial charge in [-0.25, -0.2) is 8.42 Å². The van der Waals surface area contributed by atoms with Gasteiger partial charge < -0.3 is 5.32 Å². The Morgan fingerprint density at radius 3 is 2.56 bits per heavy atom. The molecule has 1 heterocycles. The van der Waals surface area contributed by atoms with Gasteiger partial charge in [0.05, 0.1) is 11.0 Å². The van der Waals surface area contributed by atoms with Crippen LogP contribution in [0.1, 0.15) is 65.2 Å². The molecule has 1 rings (SSSR count). The van der Waals surface area contributed by atoms with Crippen molar-refractivity contribution in [3.8, 4) is 0 Å².